The van der Waals surface area contributed by atoms with Crippen molar-refractivity contribution in [1.82, 2.24) is 10.2 Å². The number of methoxy groups -OCH3 is 1. The highest BCUT2D eigenvalue weighted by molar-refractivity contribution is 5.99. The molecule has 0 spiro atoms. The molecule has 4 fully saturated rings. The number of amides is 1. The zero-order valence-corrected chi connectivity index (χ0v) is 17.6. The van der Waals surface area contributed by atoms with Gasteiger partial charge in [0.15, 0.2) is 0 Å². The van der Waals surface area contributed by atoms with Crippen LogP contribution in [0, 0.1) is 17.8 Å². The van der Waals surface area contributed by atoms with Crippen LogP contribution in [0.1, 0.15) is 66.2 Å². The summed E-state index contributed by atoms with van der Waals surface area (Å²) in [6.07, 6.45) is 8.09. The van der Waals surface area contributed by atoms with E-state index in [2.05, 4.69) is 29.6 Å². The lowest BCUT2D eigenvalue weighted by atomic mass is 9.53. The third-order valence-electron chi connectivity index (χ3n) is 8.05. The van der Waals surface area contributed by atoms with E-state index in [1.807, 2.05) is 29.2 Å². The SMILES string of the molecule is COc1ccc(CN2C(=O)c3ccccc3[C@H]2NC23CC4CC(CC(C4)C2)C3)cc1. The molecule has 0 radical (unpaired) electrons. The van der Waals surface area contributed by atoms with Gasteiger partial charge in [-0.15, -0.1) is 0 Å². The van der Waals surface area contributed by atoms with Crippen LogP contribution >= 0.6 is 0 Å². The van der Waals surface area contributed by atoms with E-state index < -0.39 is 0 Å². The lowest BCUT2D eigenvalue weighted by molar-refractivity contribution is -0.0362. The summed E-state index contributed by atoms with van der Waals surface area (Å²) in [5.74, 6) is 3.63. The summed E-state index contributed by atoms with van der Waals surface area (Å²) in [5, 5.41) is 4.08. The summed E-state index contributed by atoms with van der Waals surface area (Å²) in [4.78, 5) is 15.4. The van der Waals surface area contributed by atoms with Crippen LogP contribution in [0.2, 0.25) is 0 Å². The molecule has 4 heteroatoms. The molecule has 4 bridgehead atoms. The Labute approximate surface area is 178 Å². The van der Waals surface area contributed by atoms with Crippen LogP contribution in [0.25, 0.3) is 0 Å². The van der Waals surface area contributed by atoms with E-state index in [4.69, 9.17) is 4.74 Å². The van der Waals surface area contributed by atoms with Crippen molar-refractivity contribution in [3.63, 3.8) is 0 Å². The summed E-state index contributed by atoms with van der Waals surface area (Å²) in [5.41, 5.74) is 3.34. The van der Waals surface area contributed by atoms with E-state index in [1.165, 1.54) is 38.5 Å². The lowest BCUT2D eigenvalue weighted by Gasteiger charge is -2.58. The van der Waals surface area contributed by atoms with Gasteiger partial charge in [-0.1, -0.05) is 30.3 Å². The van der Waals surface area contributed by atoms with Crippen LogP contribution in [0.4, 0.5) is 0 Å². The zero-order valence-electron chi connectivity index (χ0n) is 17.6. The van der Waals surface area contributed by atoms with Gasteiger partial charge in [0.25, 0.3) is 5.91 Å². The van der Waals surface area contributed by atoms with Crippen molar-refractivity contribution >= 4 is 5.91 Å². The van der Waals surface area contributed by atoms with Gasteiger partial charge in [-0.25, -0.2) is 0 Å². The van der Waals surface area contributed by atoms with Crippen LogP contribution in [0.5, 0.6) is 5.75 Å². The Kier molecular flexibility index (Phi) is 4.21. The number of carbonyl (C=O) groups is 1. The number of rotatable bonds is 5. The largest absolute Gasteiger partial charge is 0.497 e. The van der Waals surface area contributed by atoms with Crippen molar-refractivity contribution in [1.29, 1.82) is 0 Å². The van der Waals surface area contributed by atoms with Crippen LogP contribution in [-0.4, -0.2) is 23.5 Å². The predicted molar refractivity (Wildman–Crippen MR) is 116 cm³/mol. The van der Waals surface area contributed by atoms with Crippen LogP contribution < -0.4 is 10.1 Å². The van der Waals surface area contributed by atoms with Gasteiger partial charge in [0, 0.05) is 23.2 Å². The summed E-state index contributed by atoms with van der Waals surface area (Å²) < 4.78 is 5.30. The first kappa shape index (κ1) is 18.4. The van der Waals surface area contributed by atoms with Crippen LogP contribution in [0.15, 0.2) is 48.5 Å². The summed E-state index contributed by atoms with van der Waals surface area (Å²) in [6.45, 7) is 0.613. The average molecular weight is 403 g/mol. The van der Waals surface area contributed by atoms with E-state index in [0.717, 1.165) is 40.2 Å². The van der Waals surface area contributed by atoms with Gasteiger partial charge in [-0.2, -0.15) is 0 Å². The zero-order chi connectivity index (χ0) is 20.3. The van der Waals surface area contributed by atoms with Crippen molar-refractivity contribution < 1.29 is 9.53 Å². The molecule has 156 valence electrons. The molecule has 0 aromatic heterocycles. The number of carbonyl (C=O) groups excluding carboxylic acids is 1. The molecule has 30 heavy (non-hydrogen) atoms. The second-order valence-corrected chi connectivity index (χ2v) is 10.1. The number of hydrogen-bond donors (Lipinski definition) is 1. The van der Waals surface area contributed by atoms with Gasteiger partial charge < -0.3 is 9.64 Å². The number of nitrogens with zero attached hydrogens (tertiary/aromatic N) is 1. The number of fused-ring (bicyclic) bond motifs is 1. The molecule has 4 saturated carbocycles. The minimum atomic E-state index is -0.0351. The molecule has 1 atom stereocenters. The number of nitrogens with one attached hydrogen (secondary N) is 1. The first-order valence-corrected chi connectivity index (χ1v) is 11.4. The van der Waals surface area contributed by atoms with Gasteiger partial charge in [0.1, 0.15) is 11.9 Å². The summed E-state index contributed by atoms with van der Waals surface area (Å²) >= 11 is 0. The standard InChI is InChI=1S/C26H30N2O2/c1-30-21-8-6-17(7-9-21)16-28-24(22-4-2-3-5-23(22)25(28)29)27-26-13-18-10-19(14-26)12-20(11-18)15-26/h2-9,18-20,24,27H,10-16H2,1H3/t18?,19?,20?,24-,26?/m0/s1. The summed E-state index contributed by atoms with van der Waals surface area (Å²) in [6, 6.07) is 16.3. The van der Waals surface area contributed by atoms with Gasteiger partial charge in [0.2, 0.25) is 0 Å². The Morgan fingerprint density at radius 1 is 0.967 bits per heavy atom. The van der Waals surface area contributed by atoms with Crippen LogP contribution in [-0.2, 0) is 6.54 Å². The molecular weight excluding hydrogens is 372 g/mol. The smallest absolute Gasteiger partial charge is 0.256 e. The van der Waals surface area contributed by atoms with Gasteiger partial charge in [0.05, 0.1) is 7.11 Å². The molecule has 1 heterocycles. The van der Waals surface area contributed by atoms with E-state index in [9.17, 15) is 4.79 Å². The number of ether oxygens (including phenoxy) is 1. The molecule has 2 aromatic carbocycles. The van der Waals surface area contributed by atoms with E-state index >= 15 is 0 Å². The molecule has 1 aliphatic heterocycles. The predicted octanol–water partition coefficient (Wildman–Crippen LogP) is 4.91. The van der Waals surface area contributed by atoms with E-state index in [1.54, 1.807) is 7.11 Å². The number of hydrogen-bond acceptors (Lipinski definition) is 3. The highest BCUT2D eigenvalue weighted by Crippen LogP contribution is 2.56. The van der Waals surface area contributed by atoms with Crippen LogP contribution in [0.3, 0.4) is 0 Å². The Hall–Kier alpha value is -2.33. The van der Waals surface area contributed by atoms with Crippen molar-refractivity contribution in [2.75, 3.05) is 7.11 Å². The molecule has 0 unspecified atom stereocenters. The monoisotopic (exact) mass is 402 g/mol. The average Bonchev–Trinajstić information content (AvgIpc) is 2.99. The molecule has 0 saturated heterocycles. The normalized spacial score (nSPS) is 33.8. The minimum Gasteiger partial charge on any atom is -0.497 e. The Morgan fingerprint density at radius 2 is 1.60 bits per heavy atom. The molecule has 7 rings (SSSR count). The summed E-state index contributed by atoms with van der Waals surface area (Å²) in [7, 11) is 1.68. The fraction of sp³-hybridized carbons (Fsp3) is 0.500. The van der Waals surface area contributed by atoms with Gasteiger partial charge in [-0.3, -0.25) is 10.1 Å². The van der Waals surface area contributed by atoms with Crippen molar-refractivity contribution in [2.45, 2.75) is 56.8 Å². The molecule has 1 N–H and O–H groups in total. The minimum absolute atomic E-state index is 0.0351. The number of benzene rings is 2. The Morgan fingerprint density at radius 3 is 2.23 bits per heavy atom. The second kappa shape index (κ2) is 6.84. The Balaban J connectivity index is 1.32. The highest BCUT2D eigenvalue weighted by Gasteiger charge is 2.53. The quantitative estimate of drug-likeness (QED) is 0.773. The first-order valence-electron chi connectivity index (χ1n) is 11.4. The maximum Gasteiger partial charge on any atom is 0.256 e. The van der Waals surface area contributed by atoms with Crippen molar-refractivity contribution in [3.05, 3.63) is 65.2 Å². The maximum absolute atomic E-state index is 13.4. The molecule has 4 nitrogen and oxygen atoms in total. The van der Waals surface area contributed by atoms with Crippen molar-refractivity contribution in [2.24, 2.45) is 17.8 Å². The Bertz CT molecular complexity index is 932. The fourth-order valence-corrected chi connectivity index (χ4v) is 7.19. The fourth-order valence-electron chi connectivity index (χ4n) is 7.19. The van der Waals surface area contributed by atoms with E-state index in [-0.39, 0.29) is 17.6 Å². The van der Waals surface area contributed by atoms with Crippen molar-refractivity contribution in [3.8, 4) is 5.75 Å². The highest BCUT2D eigenvalue weighted by atomic mass is 16.5. The molecular formula is C26H30N2O2. The molecule has 1 amide bonds. The molecule has 4 aliphatic carbocycles. The molecule has 5 aliphatic rings. The van der Waals surface area contributed by atoms with Gasteiger partial charge in [-0.05, 0) is 80.0 Å². The molecule has 2 aromatic rings. The first-order chi connectivity index (χ1) is 14.6. The van der Waals surface area contributed by atoms with E-state index in [0.29, 0.717) is 6.54 Å². The van der Waals surface area contributed by atoms with Gasteiger partial charge >= 0.3 is 0 Å². The third-order valence-corrected chi connectivity index (χ3v) is 8.05. The maximum atomic E-state index is 13.4. The lowest BCUT2D eigenvalue weighted by Crippen LogP contribution is -2.60. The second-order valence-electron chi connectivity index (χ2n) is 10.1. The topological polar surface area (TPSA) is 41.6 Å². The third kappa shape index (κ3) is 2.96.